The van der Waals surface area contributed by atoms with Gasteiger partial charge in [-0.1, -0.05) is 12.1 Å². The highest BCUT2D eigenvalue weighted by Crippen LogP contribution is 2.12. The Hall–Kier alpha value is -3.09. The van der Waals surface area contributed by atoms with Gasteiger partial charge in [-0.2, -0.15) is 0 Å². The van der Waals surface area contributed by atoms with E-state index >= 15 is 0 Å². The Balaban J connectivity index is 1.80. The van der Waals surface area contributed by atoms with Crippen LogP contribution >= 0.6 is 0 Å². The lowest BCUT2D eigenvalue weighted by Crippen LogP contribution is -2.41. The number of halogens is 1. The molecule has 0 radical (unpaired) electrons. The number of carbonyl (C=O) groups excluding carboxylic acids is 1. The van der Waals surface area contributed by atoms with Crippen molar-refractivity contribution in [2.24, 2.45) is 4.99 Å². The Labute approximate surface area is 178 Å². The molecule has 6 nitrogen and oxygen atoms in total. The van der Waals surface area contributed by atoms with Crippen molar-refractivity contribution < 1.29 is 13.9 Å². The third-order valence-electron chi connectivity index (χ3n) is 4.64. The normalized spacial score (nSPS) is 12.2. The molecule has 0 heterocycles. The molecular weight excluding hydrogens is 383 g/mol. The largest absolute Gasteiger partial charge is 0.489 e. The van der Waals surface area contributed by atoms with E-state index in [0.29, 0.717) is 43.5 Å². The Kier molecular flexibility index (Phi) is 9.12. The maximum atomic E-state index is 13.0. The van der Waals surface area contributed by atoms with Crippen molar-refractivity contribution in [1.82, 2.24) is 15.5 Å². The van der Waals surface area contributed by atoms with Gasteiger partial charge in [-0.05, 0) is 62.7 Å². The fourth-order valence-corrected chi connectivity index (χ4v) is 2.89. The summed E-state index contributed by atoms with van der Waals surface area (Å²) in [6, 6.07) is 13.5. The maximum absolute atomic E-state index is 13.0. The molecule has 0 spiro atoms. The van der Waals surface area contributed by atoms with Gasteiger partial charge in [0.2, 0.25) is 0 Å². The molecule has 2 aromatic rings. The average molecular weight is 415 g/mol. The number of hydrogen-bond acceptors (Lipinski definition) is 3. The van der Waals surface area contributed by atoms with Crippen LogP contribution in [0.15, 0.2) is 53.5 Å². The van der Waals surface area contributed by atoms with E-state index in [1.165, 1.54) is 12.1 Å². The summed E-state index contributed by atoms with van der Waals surface area (Å²) in [5.41, 5.74) is 1.74. The number of benzene rings is 2. The van der Waals surface area contributed by atoms with E-state index in [9.17, 15) is 9.18 Å². The van der Waals surface area contributed by atoms with Gasteiger partial charge in [0.25, 0.3) is 5.91 Å². The van der Waals surface area contributed by atoms with Gasteiger partial charge >= 0.3 is 0 Å². The monoisotopic (exact) mass is 414 g/mol. The summed E-state index contributed by atoms with van der Waals surface area (Å²) >= 11 is 0. The van der Waals surface area contributed by atoms with E-state index in [1.54, 1.807) is 24.1 Å². The molecule has 0 aromatic heterocycles. The maximum Gasteiger partial charge on any atom is 0.253 e. The first kappa shape index (κ1) is 23.2. The fourth-order valence-electron chi connectivity index (χ4n) is 2.89. The van der Waals surface area contributed by atoms with Crippen LogP contribution in [0.5, 0.6) is 5.75 Å². The van der Waals surface area contributed by atoms with Gasteiger partial charge < -0.3 is 20.3 Å². The van der Waals surface area contributed by atoms with Crippen LogP contribution in [0.1, 0.15) is 36.7 Å². The summed E-state index contributed by atoms with van der Waals surface area (Å²) in [6.45, 7) is 8.39. The predicted molar refractivity (Wildman–Crippen MR) is 118 cm³/mol. The first-order chi connectivity index (χ1) is 14.5. The highest BCUT2D eigenvalue weighted by atomic mass is 19.1. The van der Waals surface area contributed by atoms with E-state index < -0.39 is 0 Å². The molecule has 0 aliphatic heterocycles. The van der Waals surface area contributed by atoms with Crippen molar-refractivity contribution in [3.63, 3.8) is 0 Å². The lowest BCUT2D eigenvalue weighted by atomic mass is 10.1. The summed E-state index contributed by atoms with van der Waals surface area (Å²) in [5.74, 6) is 1.02. The van der Waals surface area contributed by atoms with E-state index in [4.69, 9.17) is 4.74 Å². The molecule has 2 N–H and O–H groups in total. The Bertz CT molecular complexity index is 818. The Morgan fingerprint density at radius 2 is 1.70 bits per heavy atom. The number of amides is 1. The molecule has 1 unspecified atom stereocenters. The zero-order chi connectivity index (χ0) is 21.9. The second kappa shape index (κ2) is 11.8. The fraction of sp³-hybridized carbons (Fsp3) is 0.391. The lowest BCUT2D eigenvalue weighted by molar-refractivity contribution is 0.0773. The molecule has 0 aliphatic rings. The van der Waals surface area contributed by atoms with Crippen molar-refractivity contribution in [1.29, 1.82) is 0 Å². The van der Waals surface area contributed by atoms with Crippen LogP contribution in [0.3, 0.4) is 0 Å². The molecule has 1 amide bonds. The third kappa shape index (κ3) is 7.06. The summed E-state index contributed by atoms with van der Waals surface area (Å²) in [6.07, 6.45) is -0.126. The summed E-state index contributed by atoms with van der Waals surface area (Å²) < 4.78 is 18.7. The molecule has 1 atom stereocenters. The Morgan fingerprint density at radius 3 is 2.27 bits per heavy atom. The van der Waals surface area contributed by atoms with Crippen molar-refractivity contribution in [2.75, 3.05) is 26.7 Å². The minimum atomic E-state index is -0.289. The molecular formula is C23H31FN4O2. The highest BCUT2D eigenvalue weighted by Gasteiger charge is 2.12. The number of rotatable bonds is 9. The Morgan fingerprint density at radius 1 is 1.07 bits per heavy atom. The van der Waals surface area contributed by atoms with E-state index in [-0.39, 0.29) is 17.8 Å². The first-order valence-electron chi connectivity index (χ1n) is 10.2. The van der Waals surface area contributed by atoms with Crippen molar-refractivity contribution >= 4 is 11.9 Å². The summed E-state index contributed by atoms with van der Waals surface area (Å²) in [5, 5.41) is 6.45. The highest BCUT2D eigenvalue weighted by molar-refractivity contribution is 5.94. The number of nitrogens with one attached hydrogen (secondary N) is 2. The smallest absolute Gasteiger partial charge is 0.253 e. The molecule has 0 aliphatic carbocycles. The van der Waals surface area contributed by atoms with Crippen LogP contribution in [0.25, 0.3) is 0 Å². The lowest BCUT2D eigenvalue weighted by Gasteiger charge is -2.19. The first-order valence-corrected chi connectivity index (χ1v) is 10.2. The molecule has 7 heteroatoms. The summed E-state index contributed by atoms with van der Waals surface area (Å²) in [7, 11) is 1.70. The van der Waals surface area contributed by atoms with Gasteiger partial charge in [-0.3, -0.25) is 9.79 Å². The number of ether oxygens (including phenoxy) is 1. The van der Waals surface area contributed by atoms with Crippen LogP contribution in [0.2, 0.25) is 0 Å². The SMILES string of the molecule is CCN(CC)C(=O)c1ccc(CNC(=NC)NCC(C)Oc2ccc(F)cc2)cc1. The summed E-state index contributed by atoms with van der Waals surface area (Å²) in [4.78, 5) is 18.4. The van der Waals surface area contributed by atoms with Crippen molar-refractivity contribution in [2.45, 2.75) is 33.4 Å². The second-order valence-electron chi connectivity index (χ2n) is 6.86. The van der Waals surface area contributed by atoms with Gasteiger partial charge in [0, 0.05) is 32.2 Å². The van der Waals surface area contributed by atoms with Gasteiger partial charge in [0.1, 0.15) is 17.7 Å². The van der Waals surface area contributed by atoms with E-state index in [1.807, 2.05) is 45.0 Å². The molecule has 0 saturated carbocycles. The topological polar surface area (TPSA) is 66.0 Å². The number of aliphatic imine (C=N–C) groups is 1. The molecule has 2 rings (SSSR count). The van der Waals surface area contributed by atoms with Gasteiger partial charge in [-0.15, -0.1) is 0 Å². The van der Waals surface area contributed by atoms with Crippen LogP contribution in [-0.4, -0.2) is 49.6 Å². The quantitative estimate of drug-likeness (QED) is 0.487. The predicted octanol–water partition coefficient (Wildman–Crippen LogP) is 3.44. The molecule has 30 heavy (non-hydrogen) atoms. The minimum absolute atomic E-state index is 0.0483. The molecule has 2 aromatic carbocycles. The van der Waals surface area contributed by atoms with E-state index in [0.717, 1.165) is 5.56 Å². The number of nitrogens with zero attached hydrogens (tertiary/aromatic N) is 2. The van der Waals surface area contributed by atoms with Crippen molar-refractivity contribution in [3.05, 3.63) is 65.5 Å². The van der Waals surface area contributed by atoms with Gasteiger partial charge in [-0.25, -0.2) is 4.39 Å². The van der Waals surface area contributed by atoms with E-state index in [2.05, 4.69) is 15.6 Å². The van der Waals surface area contributed by atoms with Crippen molar-refractivity contribution in [3.8, 4) is 5.75 Å². The number of guanidine groups is 1. The zero-order valence-electron chi connectivity index (χ0n) is 18.1. The average Bonchev–Trinajstić information content (AvgIpc) is 2.76. The molecule has 0 fully saturated rings. The zero-order valence-corrected chi connectivity index (χ0v) is 18.1. The van der Waals surface area contributed by atoms with Gasteiger partial charge in [0.05, 0.1) is 6.54 Å². The third-order valence-corrected chi connectivity index (χ3v) is 4.64. The van der Waals surface area contributed by atoms with Crippen LogP contribution in [0, 0.1) is 5.82 Å². The van der Waals surface area contributed by atoms with Gasteiger partial charge in [0.15, 0.2) is 5.96 Å². The number of carbonyl (C=O) groups is 1. The molecule has 0 bridgehead atoms. The van der Waals surface area contributed by atoms with Crippen LogP contribution in [-0.2, 0) is 6.54 Å². The second-order valence-corrected chi connectivity index (χ2v) is 6.86. The number of hydrogen-bond donors (Lipinski definition) is 2. The minimum Gasteiger partial charge on any atom is -0.489 e. The standard InChI is InChI=1S/C23H31FN4O2/c1-5-28(6-2)22(29)19-9-7-18(8-10-19)16-27-23(25-4)26-15-17(3)30-21-13-11-20(24)12-14-21/h7-14,17H,5-6,15-16H2,1-4H3,(H2,25,26,27). The molecule has 0 saturated heterocycles. The van der Waals surface area contributed by atoms with Crippen LogP contribution in [0.4, 0.5) is 4.39 Å². The molecule has 162 valence electrons. The van der Waals surface area contributed by atoms with Crippen LogP contribution < -0.4 is 15.4 Å².